The van der Waals surface area contributed by atoms with Crippen molar-refractivity contribution in [2.75, 3.05) is 7.11 Å². The molecule has 3 heteroatoms. The number of methoxy groups -OCH3 is 1. The van der Waals surface area contributed by atoms with Crippen LogP contribution in [0.2, 0.25) is 0 Å². The molecule has 0 bridgehead atoms. The van der Waals surface area contributed by atoms with Crippen LogP contribution in [-0.2, 0) is 17.9 Å². The second-order valence-electron chi connectivity index (χ2n) is 4.41. The molecule has 0 fully saturated rings. The second kappa shape index (κ2) is 7.34. The van der Waals surface area contributed by atoms with Gasteiger partial charge in [0.25, 0.3) is 0 Å². The van der Waals surface area contributed by atoms with Crippen LogP contribution in [0, 0.1) is 0 Å². The van der Waals surface area contributed by atoms with E-state index in [-0.39, 0.29) is 0 Å². The molecule has 104 valence electrons. The molecule has 0 aliphatic rings. The average molecular weight is 269 g/mol. The van der Waals surface area contributed by atoms with Crippen molar-refractivity contribution in [3.8, 4) is 5.75 Å². The van der Waals surface area contributed by atoms with Gasteiger partial charge in [0, 0.05) is 0 Å². The summed E-state index contributed by atoms with van der Waals surface area (Å²) in [4.78, 5) is 5.34. The number of ether oxygens (including phenoxy) is 1. The number of benzene rings is 2. The molecule has 0 saturated heterocycles. The highest BCUT2D eigenvalue weighted by molar-refractivity contribution is 5.81. The first-order valence-electron chi connectivity index (χ1n) is 6.69. The van der Waals surface area contributed by atoms with E-state index >= 15 is 0 Å². The molecule has 0 aliphatic carbocycles. The van der Waals surface area contributed by atoms with Gasteiger partial charge >= 0.3 is 0 Å². The van der Waals surface area contributed by atoms with Crippen molar-refractivity contribution in [3.05, 3.63) is 65.2 Å². The van der Waals surface area contributed by atoms with E-state index in [1.54, 1.807) is 13.3 Å². The van der Waals surface area contributed by atoms with E-state index in [4.69, 9.17) is 9.57 Å². The van der Waals surface area contributed by atoms with Gasteiger partial charge in [-0.1, -0.05) is 48.5 Å². The van der Waals surface area contributed by atoms with Crippen LogP contribution in [0.1, 0.15) is 23.6 Å². The Morgan fingerprint density at radius 1 is 1.10 bits per heavy atom. The van der Waals surface area contributed by atoms with Crippen LogP contribution in [-0.4, -0.2) is 13.3 Å². The molecule has 0 N–H and O–H groups in total. The highest BCUT2D eigenvalue weighted by Gasteiger charge is 1.97. The monoisotopic (exact) mass is 269 g/mol. The van der Waals surface area contributed by atoms with Gasteiger partial charge in [-0.3, -0.25) is 0 Å². The van der Waals surface area contributed by atoms with E-state index in [1.807, 2.05) is 42.5 Å². The van der Waals surface area contributed by atoms with E-state index in [1.165, 1.54) is 5.56 Å². The van der Waals surface area contributed by atoms with Gasteiger partial charge in [-0.05, 0) is 35.2 Å². The molecule has 0 saturated carbocycles. The lowest BCUT2D eigenvalue weighted by Gasteiger charge is -2.04. The van der Waals surface area contributed by atoms with Gasteiger partial charge in [0.1, 0.15) is 12.4 Å². The van der Waals surface area contributed by atoms with Crippen molar-refractivity contribution < 1.29 is 9.57 Å². The molecule has 3 nitrogen and oxygen atoms in total. The van der Waals surface area contributed by atoms with Crippen molar-refractivity contribution in [2.45, 2.75) is 20.0 Å². The lowest BCUT2D eigenvalue weighted by atomic mass is 10.1. The van der Waals surface area contributed by atoms with Crippen LogP contribution in [0.5, 0.6) is 5.75 Å². The Kier molecular flexibility index (Phi) is 5.18. The van der Waals surface area contributed by atoms with Crippen molar-refractivity contribution in [1.82, 2.24) is 0 Å². The second-order valence-corrected chi connectivity index (χ2v) is 4.41. The summed E-state index contributed by atoms with van der Waals surface area (Å²) >= 11 is 0. The van der Waals surface area contributed by atoms with Crippen LogP contribution < -0.4 is 4.74 Å². The minimum atomic E-state index is 0.433. The number of aryl methyl sites for hydroxylation is 1. The van der Waals surface area contributed by atoms with Crippen LogP contribution in [0.3, 0.4) is 0 Å². The van der Waals surface area contributed by atoms with Gasteiger partial charge in [-0.15, -0.1) is 0 Å². The highest BCUT2D eigenvalue weighted by Crippen LogP contribution is 2.13. The fourth-order valence-electron chi connectivity index (χ4n) is 1.95. The summed E-state index contributed by atoms with van der Waals surface area (Å²) in [6.07, 6.45) is 2.75. The zero-order chi connectivity index (χ0) is 14.2. The predicted octanol–water partition coefficient (Wildman–Crippen LogP) is 3.81. The van der Waals surface area contributed by atoms with Gasteiger partial charge < -0.3 is 9.57 Å². The first-order chi connectivity index (χ1) is 9.83. The van der Waals surface area contributed by atoms with E-state index in [9.17, 15) is 0 Å². The molecule has 2 rings (SSSR count). The molecule has 20 heavy (non-hydrogen) atoms. The fourth-order valence-corrected chi connectivity index (χ4v) is 1.95. The van der Waals surface area contributed by atoms with Gasteiger partial charge in [0.15, 0.2) is 0 Å². The van der Waals surface area contributed by atoms with Crippen LogP contribution >= 0.6 is 0 Å². The molecule has 0 heterocycles. The van der Waals surface area contributed by atoms with Crippen LogP contribution in [0.15, 0.2) is 53.7 Å². The predicted molar refractivity (Wildman–Crippen MR) is 81.2 cm³/mol. The largest absolute Gasteiger partial charge is 0.497 e. The molecule has 0 unspecified atom stereocenters. The van der Waals surface area contributed by atoms with Crippen LogP contribution in [0.4, 0.5) is 0 Å². The van der Waals surface area contributed by atoms with Gasteiger partial charge in [-0.2, -0.15) is 0 Å². The number of hydrogen-bond acceptors (Lipinski definition) is 3. The summed E-state index contributed by atoms with van der Waals surface area (Å²) in [5, 5.41) is 4.04. The summed E-state index contributed by atoms with van der Waals surface area (Å²) in [6, 6.07) is 15.9. The Morgan fingerprint density at radius 2 is 1.95 bits per heavy atom. The maximum absolute atomic E-state index is 5.34. The molecule has 0 amide bonds. The van der Waals surface area contributed by atoms with E-state index in [0.29, 0.717) is 6.61 Å². The summed E-state index contributed by atoms with van der Waals surface area (Å²) in [7, 11) is 1.65. The third-order valence-corrected chi connectivity index (χ3v) is 3.07. The lowest BCUT2D eigenvalue weighted by molar-refractivity contribution is 0.132. The third-order valence-electron chi connectivity index (χ3n) is 3.07. The Balaban J connectivity index is 1.93. The van der Waals surface area contributed by atoms with Gasteiger partial charge in [0.05, 0.1) is 13.3 Å². The number of oxime groups is 1. The first-order valence-corrected chi connectivity index (χ1v) is 6.69. The Hall–Kier alpha value is -2.29. The quantitative estimate of drug-likeness (QED) is 0.590. The van der Waals surface area contributed by atoms with Crippen molar-refractivity contribution in [3.63, 3.8) is 0 Å². The van der Waals surface area contributed by atoms with E-state index in [0.717, 1.165) is 23.3 Å². The zero-order valence-electron chi connectivity index (χ0n) is 11.9. The molecule has 0 aromatic heterocycles. The first kappa shape index (κ1) is 14.1. The average Bonchev–Trinajstić information content (AvgIpc) is 2.52. The van der Waals surface area contributed by atoms with Gasteiger partial charge in [-0.25, -0.2) is 0 Å². The molecule has 0 spiro atoms. The lowest BCUT2D eigenvalue weighted by Crippen LogP contribution is -1.92. The summed E-state index contributed by atoms with van der Waals surface area (Å²) in [5.41, 5.74) is 3.40. The van der Waals surface area contributed by atoms with Crippen LogP contribution in [0.25, 0.3) is 0 Å². The summed E-state index contributed by atoms with van der Waals surface area (Å²) in [5.74, 6) is 0.825. The maximum atomic E-state index is 5.34. The maximum Gasteiger partial charge on any atom is 0.142 e. The van der Waals surface area contributed by atoms with E-state index in [2.05, 4.69) is 18.1 Å². The molecule has 2 aromatic rings. The molecule has 2 aromatic carbocycles. The molecule has 0 atom stereocenters. The van der Waals surface area contributed by atoms with Crippen molar-refractivity contribution >= 4 is 6.21 Å². The number of hydrogen-bond donors (Lipinski definition) is 0. The molecular formula is C17H19NO2. The molecule has 0 radical (unpaired) electrons. The third kappa shape index (κ3) is 3.85. The normalized spacial score (nSPS) is 10.7. The number of rotatable bonds is 6. The Morgan fingerprint density at radius 3 is 2.75 bits per heavy atom. The van der Waals surface area contributed by atoms with Crippen molar-refractivity contribution in [1.29, 1.82) is 0 Å². The standard InChI is InChI=1S/C17H19NO2/c1-3-15-8-4-5-9-16(15)12-18-20-13-14-7-6-10-17(11-14)19-2/h4-12H,3,13H2,1-2H3. The summed E-state index contributed by atoms with van der Waals surface area (Å²) in [6.45, 7) is 2.56. The number of nitrogens with zero attached hydrogens (tertiary/aromatic N) is 1. The van der Waals surface area contributed by atoms with E-state index < -0.39 is 0 Å². The minimum Gasteiger partial charge on any atom is -0.497 e. The Labute approximate surface area is 119 Å². The smallest absolute Gasteiger partial charge is 0.142 e. The van der Waals surface area contributed by atoms with Crippen molar-refractivity contribution in [2.24, 2.45) is 5.16 Å². The zero-order valence-corrected chi connectivity index (χ0v) is 11.9. The fraction of sp³-hybridized carbons (Fsp3) is 0.235. The highest BCUT2D eigenvalue weighted by atomic mass is 16.6. The Bertz CT molecular complexity index is 579. The summed E-state index contributed by atoms with van der Waals surface area (Å²) < 4.78 is 5.17. The topological polar surface area (TPSA) is 30.8 Å². The molecule has 0 aliphatic heterocycles. The SMILES string of the molecule is CCc1ccccc1C=NOCc1cccc(OC)c1. The molecular weight excluding hydrogens is 250 g/mol. The minimum absolute atomic E-state index is 0.433. The van der Waals surface area contributed by atoms with Gasteiger partial charge in [0.2, 0.25) is 0 Å².